The summed E-state index contributed by atoms with van der Waals surface area (Å²) in [6.45, 7) is 6.43. The number of aliphatic hydroxyl groups excluding tert-OH is 1. The summed E-state index contributed by atoms with van der Waals surface area (Å²) in [6, 6.07) is 26.9. The average Bonchev–Trinajstić information content (AvgIpc) is 3.81. The summed E-state index contributed by atoms with van der Waals surface area (Å²) >= 11 is 0. The number of rotatable bonds is 7. The van der Waals surface area contributed by atoms with Crippen molar-refractivity contribution in [2.45, 2.75) is 69.1 Å². The minimum absolute atomic E-state index is 0.0424. The second kappa shape index (κ2) is 11.6. The maximum atomic E-state index is 14.9. The molecule has 5 atom stereocenters. The fourth-order valence-electron chi connectivity index (χ4n) is 9.18. The lowest BCUT2D eigenvalue weighted by molar-refractivity contribution is -0.150. The third-order valence-corrected chi connectivity index (χ3v) is 13.7. The summed E-state index contributed by atoms with van der Waals surface area (Å²) in [7, 11) is -2.95. The van der Waals surface area contributed by atoms with E-state index >= 15 is 0 Å². The molecule has 0 unspecified atom stereocenters. The van der Waals surface area contributed by atoms with Gasteiger partial charge in [0.2, 0.25) is 5.91 Å². The third-order valence-electron chi connectivity index (χ3n) is 11.2. The molecule has 2 saturated heterocycles. The summed E-state index contributed by atoms with van der Waals surface area (Å²) < 4.78 is 6.87. The van der Waals surface area contributed by atoms with Gasteiger partial charge in [0.05, 0.1) is 48.7 Å². The van der Waals surface area contributed by atoms with E-state index in [0.717, 1.165) is 51.8 Å². The number of aliphatic hydroxyl groups is 1. The van der Waals surface area contributed by atoms with Crippen LogP contribution < -0.4 is 9.80 Å². The molecule has 10 heteroatoms. The number of fused-ring (bicyclic) bond motifs is 2. The van der Waals surface area contributed by atoms with Crippen molar-refractivity contribution in [3.8, 4) is 0 Å². The van der Waals surface area contributed by atoms with Gasteiger partial charge in [0.1, 0.15) is 0 Å². The Morgan fingerprint density at radius 2 is 1.71 bits per heavy atom. The van der Waals surface area contributed by atoms with E-state index in [1.165, 1.54) is 0 Å². The highest BCUT2D eigenvalue weighted by Gasteiger charge is 2.66. The largest absolute Gasteiger partial charge is 0.432 e. The van der Waals surface area contributed by atoms with Crippen molar-refractivity contribution in [1.82, 2.24) is 4.90 Å². The molecule has 1 spiro atoms. The first-order valence-corrected chi connectivity index (χ1v) is 20.2. The molecular weight excluding hydrogens is 635 g/mol. The quantitative estimate of drug-likeness (QED) is 0.238. The minimum Gasteiger partial charge on any atom is -0.432 e. The van der Waals surface area contributed by atoms with E-state index in [1.54, 1.807) is 14.7 Å². The van der Waals surface area contributed by atoms with Crippen molar-refractivity contribution >= 4 is 53.9 Å². The van der Waals surface area contributed by atoms with Gasteiger partial charge in [0.25, 0.3) is 11.8 Å². The summed E-state index contributed by atoms with van der Waals surface area (Å²) in [6.07, 6.45) is 0.984. The maximum absolute atomic E-state index is 14.9. The molecular formula is C39H41N3O6Si. The van der Waals surface area contributed by atoms with Crippen LogP contribution in [0.3, 0.4) is 0 Å². The van der Waals surface area contributed by atoms with Crippen LogP contribution >= 0.6 is 0 Å². The van der Waals surface area contributed by atoms with E-state index in [-0.39, 0.29) is 48.9 Å². The number of para-hydroxylation sites is 1. The van der Waals surface area contributed by atoms with Crippen LogP contribution in [-0.2, 0) is 26.5 Å². The van der Waals surface area contributed by atoms with Crippen molar-refractivity contribution in [2.24, 2.45) is 5.92 Å². The van der Waals surface area contributed by atoms with Crippen LogP contribution in [0.25, 0.3) is 10.8 Å². The lowest BCUT2D eigenvalue weighted by Gasteiger charge is -2.32. The molecule has 49 heavy (non-hydrogen) atoms. The van der Waals surface area contributed by atoms with E-state index in [9.17, 15) is 24.3 Å². The molecule has 4 aliphatic rings. The van der Waals surface area contributed by atoms with E-state index in [0.29, 0.717) is 12.1 Å². The summed E-state index contributed by atoms with van der Waals surface area (Å²) in [4.78, 5) is 59.0. The summed E-state index contributed by atoms with van der Waals surface area (Å²) in [5.41, 5.74) is 2.83. The highest BCUT2D eigenvalue weighted by molar-refractivity contribution is 6.71. The normalized spacial score (nSPS) is 26.1. The Balaban J connectivity index is 1.12. The molecule has 4 aliphatic heterocycles. The Morgan fingerprint density at radius 1 is 0.980 bits per heavy atom. The lowest BCUT2D eigenvalue weighted by Crippen LogP contribution is -2.46. The molecule has 0 bridgehead atoms. The van der Waals surface area contributed by atoms with Crippen LogP contribution in [0, 0.1) is 5.92 Å². The molecule has 8 rings (SSSR count). The molecule has 252 valence electrons. The van der Waals surface area contributed by atoms with Crippen molar-refractivity contribution in [3.05, 3.63) is 102 Å². The molecule has 4 aromatic carbocycles. The van der Waals surface area contributed by atoms with Crippen LogP contribution in [0.15, 0.2) is 84.9 Å². The second-order valence-electron chi connectivity index (χ2n) is 14.5. The summed E-state index contributed by atoms with van der Waals surface area (Å²) in [5, 5.41) is 11.8. The fraction of sp³-hybridized carbons (Fsp3) is 0.359. The van der Waals surface area contributed by atoms with Crippen molar-refractivity contribution < 1.29 is 29.0 Å². The number of ether oxygens (including phenoxy) is 1. The number of anilines is 3. The molecule has 9 nitrogen and oxygen atoms in total. The molecule has 3 amide bonds. The van der Waals surface area contributed by atoms with Gasteiger partial charge in [-0.05, 0) is 67.2 Å². The molecule has 4 heterocycles. The van der Waals surface area contributed by atoms with Gasteiger partial charge in [-0.1, -0.05) is 61.5 Å². The van der Waals surface area contributed by atoms with E-state index in [2.05, 4.69) is 0 Å². The van der Waals surface area contributed by atoms with Crippen LogP contribution in [0.5, 0.6) is 0 Å². The zero-order chi connectivity index (χ0) is 34.2. The molecule has 0 aliphatic carbocycles. The molecule has 0 radical (unpaired) electrons. The molecule has 2 N–H and O–H groups in total. The Morgan fingerprint density at radius 3 is 2.49 bits per heavy atom. The standard InChI is InChI=1S/C39H41N3O6Si/c1-24-36(49(2,3)47)33(21-34(44)40-19-9-14-28(40)23-43)48-39(24)30-16-4-5-17-31(30)41(38(39)46)22-25-10-6-13-27(20-25)42-32-18-8-12-26-11-7-15-29(35(26)32)37(42)45/h4-8,10-13,15-18,20,24,28,33,36,43,47H,9,14,19,21-23H2,1-3H3/t24-,28-,33+,36-,39+/m0/s1. The minimum atomic E-state index is -2.95. The zero-order valence-electron chi connectivity index (χ0n) is 28.0. The van der Waals surface area contributed by atoms with Crippen LogP contribution in [0.1, 0.15) is 47.7 Å². The zero-order valence-corrected chi connectivity index (χ0v) is 29.0. The first-order chi connectivity index (χ1) is 23.5. The predicted molar refractivity (Wildman–Crippen MR) is 190 cm³/mol. The van der Waals surface area contributed by atoms with E-state index < -0.39 is 25.9 Å². The van der Waals surface area contributed by atoms with Crippen LogP contribution in [0.4, 0.5) is 17.1 Å². The fourth-order valence-corrected chi connectivity index (χ4v) is 11.7. The van der Waals surface area contributed by atoms with Gasteiger partial charge < -0.3 is 24.4 Å². The van der Waals surface area contributed by atoms with Crippen LogP contribution in [0.2, 0.25) is 18.6 Å². The first kappa shape index (κ1) is 31.9. The first-order valence-electron chi connectivity index (χ1n) is 17.2. The SMILES string of the molecule is C[C@H]1[C@H]([Si](C)(C)O)[C@@H](CC(=O)N2CCC[C@H]2CO)O[C@]12C(=O)N(Cc1cccc(N3C(=O)c4cccc5cccc3c45)c1)c1ccccc12. The van der Waals surface area contributed by atoms with Crippen molar-refractivity contribution in [2.75, 3.05) is 23.0 Å². The number of hydrogen-bond donors (Lipinski definition) is 2. The van der Waals surface area contributed by atoms with Crippen molar-refractivity contribution in [1.29, 1.82) is 0 Å². The maximum Gasteiger partial charge on any atom is 0.264 e. The van der Waals surface area contributed by atoms with Gasteiger partial charge in [-0.3, -0.25) is 19.3 Å². The average molecular weight is 676 g/mol. The van der Waals surface area contributed by atoms with Gasteiger partial charge >= 0.3 is 0 Å². The van der Waals surface area contributed by atoms with Crippen LogP contribution in [-0.4, -0.2) is 66.1 Å². The van der Waals surface area contributed by atoms with E-state index in [4.69, 9.17) is 4.74 Å². The highest BCUT2D eigenvalue weighted by atomic mass is 28.4. The number of nitrogens with zero attached hydrogens (tertiary/aromatic N) is 3. The number of amides is 3. The van der Waals surface area contributed by atoms with Gasteiger partial charge in [0.15, 0.2) is 13.9 Å². The Kier molecular flexibility index (Phi) is 7.56. The molecule has 4 aromatic rings. The highest BCUT2D eigenvalue weighted by Crippen LogP contribution is 2.60. The van der Waals surface area contributed by atoms with Gasteiger partial charge in [-0.2, -0.15) is 0 Å². The molecule has 0 aromatic heterocycles. The van der Waals surface area contributed by atoms with Crippen molar-refractivity contribution in [3.63, 3.8) is 0 Å². The predicted octanol–water partition coefficient (Wildman–Crippen LogP) is 5.85. The number of carbonyl (C=O) groups is 3. The monoisotopic (exact) mass is 675 g/mol. The second-order valence-corrected chi connectivity index (χ2v) is 18.5. The van der Waals surface area contributed by atoms with Gasteiger partial charge in [-0.25, -0.2) is 0 Å². The smallest absolute Gasteiger partial charge is 0.264 e. The topological polar surface area (TPSA) is 111 Å². The lowest BCUT2D eigenvalue weighted by atomic mass is 9.82. The number of likely N-dealkylation sites (tertiary alicyclic amines) is 1. The Labute approximate surface area is 286 Å². The number of hydrogen-bond acceptors (Lipinski definition) is 6. The number of benzene rings is 4. The van der Waals surface area contributed by atoms with Gasteiger partial charge in [-0.15, -0.1) is 0 Å². The Bertz CT molecular complexity index is 2010. The summed E-state index contributed by atoms with van der Waals surface area (Å²) in [5.74, 6) is -0.805. The number of carbonyl (C=O) groups excluding carboxylic acids is 3. The van der Waals surface area contributed by atoms with E-state index in [1.807, 2.05) is 105 Å². The Hall–Kier alpha value is -4.35. The molecule has 0 saturated carbocycles. The molecule has 2 fully saturated rings. The third kappa shape index (κ3) is 4.80. The van der Waals surface area contributed by atoms with Gasteiger partial charge in [0, 0.05) is 34.6 Å².